The van der Waals surface area contributed by atoms with Crippen LogP contribution >= 0.6 is 21.6 Å². The van der Waals surface area contributed by atoms with Gasteiger partial charge >= 0.3 is 0 Å². The fourth-order valence-electron chi connectivity index (χ4n) is 0.474. The molecule has 1 atom stereocenters. The molecule has 1 rings (SSSR count). The Morgan fingerprint density at radius 1 is 1.71 bits per heavy atom. The molecule has 0 N–H and O–H groups in total. The third kappa shape index (κ3) is 1.55. The summed E-state index contributed by atoms with van der Waals surface area (Å²) in [6.45, 7) is 0. The lowest BCUT2D eigenvalue weighted by Gasteiger charge is -2.00. The van der Waals surface area contributed by atoms with Crippen LogP contribution in [0.3, 0.4) is 0 Å². The van der Waals surface area contributed by atoms with Gasteiger partial charge in [-0.2, -0.15) is 0 Å². The second kappa shape index (κ2) is 2.84. The van der Waals surface area contributed by atoms with Gasteiger partial charge in [0.2, 0.25) is 0 Å². The Morgan fingerprint density at radius 3 is 2.86 bits per heavy atom. The van der Waals surface area contributed by atoms with Crippen molar-refractivity contribution in [1.29, 1.82) is 0 Å². The minimum absolute atomic E-state index is 0.477. The third-order valence-corrected chi connectivity index (χ3v) is 3.61. The first kappa shape index (κ1) is 5.79. The summed E-state index contributed by atoms with van der Waals surface area (Å²) in [5, 5.41) is 0. The molecule has 0 spiro atoms. The Morgan fingerprint density at radius 2 is 2.57 bits per heavy atom. The van der Waals surface area contributed by atoms with Crippen LogP contribution in [0.2, 0.25) is 0 Å². The van der Waals surface area contributed by atoms with Gasteiger partial charge in [0.15, 0.2) is 0 Å². The van der Waals surface area contributed by atoms with E-state index < -0.39 is 0 Å². The molecule has 1 unspecified atom stereocenters. The van der Waals surface area contributed by atoms with Gasteiger partial charge in [-0.15, -0.1) is 0 Å². The van der Waals surface area contributed by atoms with Crippen molar-refractivity contribution in [3.63, 3.8) is 0 Å². The standard InChI is InChI=1S/C4H8OS2/c1-5-4-2-3-6-7-4/h4H,2-3H2,1H3. The topological polar surface area (TPSA) is 9.23 Å². The van der Waals surface area contributed by atoms with Crippen molar-refractivity contribution in [2.75, 3.05) is 12.9 Å². The van der Waals surface area contributed by atoms with Crippen LogP contribution in [0.25, 0.3) is 0 Å². The van der Waals surface area contributed by atoms with Crippen molar-refractivity contribution in [2.24, 2.45) is 0 Å². The molecular formula is C4H8OS2. The zero-order valence-corrected chi connectivity index (χ0v) is 5.85. The molecule has 1 fully saturated rings. The summed E-state index contributed by atoms with van der Waals surface area (Å²) < 4.78 is 5.05. The van der Waals surface area contributed by atoms with E-state index in [0.717, 1.165) is 0 Å². The van der Waals surface area contributed by atoms with Crippen LogP contribution in [0.4, 0.5) is 0 Å². The Bertz CT molecular complexity index is 51.7. The van der Waals surface area contributed by atoms with Crippen LogP contribution in [-0.4, -0.2) is 18.3 Å². The van der Waals surface area contributed by atoms with Gasteiger partial charge in [0.05, 0.1) is 0 Å². The minimum atomic E-state index is 0.477. The van der Waals surface area contributed by atoms with Crippen molar-refractivity contribution in [2.45, 2.75) is 11.9 Å². The van der Waals surface area contributed by atoms with E-state index in [1.807, 2.05) is 21.6 Å². The van der Waals surface area contributed by atoms with Crippen molar-refractivity contribution in [3.05, 3.63) is 0 Å². The predicted octanol–water partition coefficient (Wildman–Crippen LogP) is 1.74. The van der Waals surface area contributed by atoms with Crippen molar-refractivity contribution < 1.29 is 4.74 Å². The second-order valence-electron chi connectivity index (χ2n) is 1.37. The Kier molecular flexibility index (Phi) is 2.35. The summed E-state index contributed by atoms with van der Waals surface area (Å²) in [5.74, 6) is 1.25. The number of ether oxygens (including phenoxy) is 1. The molecule has 1 aliphatic heterocycles. The number of hydrogen-bond acceptors (Lipinski definition) is 3. The average Bonchev–Trinajstić information content (AvgIpc) is 2.14. The first-order valence-corrected chi connectivity index (χ1v) is 4.63. The van der Waals surface area contributed by atoms with Crippen LogP contribution in [0.5, 0.6) is 0 Å². The lowest BCUT2D eigenvalue weighted by molar-refractivity contribution is 0.174. The summed E-state index contributed by atoms with van der Waals surface area (Å²) in [7, 11) is 5.50. The highest BCUT2D eigenvalue weighted by Gasteiger charge is 2.13. The van der Waals surface area contributed by atoms with Gasteiger partial charge in [-0.3, -0.25) is 0 Å². The zero-order chi connectivity index (χ0) is 5.11. The fraction of sp³-hybridized carbons (Fsp3) is 1.00. The highest BCUT2D eigenvalue weighted by molar-refractivity contribution is 8.77. The van der Waals surface area contributed by atoms with E-state index in [9.17, 15) is 0 Å². The van der Waals surface area contributed by atoms with Crippen LogP contribution < -0.4 is 0 Å². The van der Waals surface area contributed by atoms with E-state index in [1.54, 1.807) is 7.11 Å². The van der Waals surface area contributed by atoms with Gasteiger partial charge < -0.3 is 4.74 Å². The summed E-state index contributed by atoms with van der Waals surface area (Å²) >= 11 is 0. The molecule has 0 aromatic heterocycles. The largest absolute Gasteiger partial charge is 0.370 e. The molecule has 1 nitrogen and oxygen atoms in total. The monoisotopic (exact) mass is 136 g/mol. The smallest absolute Gasteiger partial charge is 0.113 e. The van der Waals surface area contributed by atoms with Gasteiger partial charge in [-0.1, -0.05) is 21.6 Å². The Balaban J connectivity index is 2.14. The number of hydrogen-bond donors (Lipinski definition) is 0. The summed E-state index contributed by atoms with van der Waals surface area (Å²) in [6.07, 6.45) is 1.21. The van der Waals surface area contributed by atoms with Crippen molar-refractivity contribution in [1.82, 2.24) is 0 Å². The summed E-state index contributed by atoms with van der Waals surface area (Å²) in [6, 6.07) is 0. The van der Waals surface area contributed by atoms with Crippen LogP contribution in [0.15, 0.2) is 0 Å². The van der Waals surface area contributed by atoms with E-state index in [0.29, 0.717) is 5.44 Å². The molecule has 0 amide bonds. The molecule has 0 aliphatic carbocycles. The number of methoxy groups -OCH3 is 1. The Hall–Kier alpha value is 0.660. The molecule has 7 heavy (non-hydrogen) atoms. The van der Waals surface area contributed by atoms with Crippen LogP contribution in [0, 0.1) is 0 Å². The zero-order valence-electron chi connectivity index (χ0n) is 4.22. The quantitative estimate of drug-likeness (QED) is 0.508. The van der Waals surface area contributed by atoms with Gasteiger partial charge in [0, 0.05) is 12.9 Å². The molecule has 3 heteroatoms. The SMILES string of the molecule is COC1CCSS1. The maximum Gasteiger partial charge on any atom is 0.113 e. The lowest BCUT2D eigenvalue weighted by atomic mass is 10.5. The highest BCUT2D eigenvalue weighted by Crippen LogP contribution is 2.37. The summed E-state index contributed by atoms with van der Waals surface area (Å²) in [5.41, 5.74) is 0.477. The first-order chi connectivity index (χ1) is 3.43. The second-order valence-corrected chi connectivity index (χ2v) is 4.02. The molecule has 1 heterocycles. The van der Waals surface area contributed by atoms with Crippen molar-refractivity contribution >= 4 is 21.6 Å². The molecule has 0 radical (unpaired) electrons. The fourth-order valence-corrected chi connectivity index (χ4v) is 3.03. The Labute approximate surface area is 51.6 Å². The average molecular weight is 136 g/mol. The van der Waals surface area contributed by atoms with Gasteiger partial charge in [0.1, 0.15) is 5.44 Å². The third-order valence-electron chi connectivity index (χ3n) is 0.875. The molecule has 42 valence electrons. The predicted molar refractivity (Wildman–Crippen MR) is 35.5 cm³/mol. The van der Waals surface area contributed by atoms with Gasteiger partial charge in [0.25, 0.3) is 0 Å². The first-order valence-electron chi connectivity index (χ1n) is 2.24. The molecular weight excluding hydrogens is 128 g/mol. The van der Waals surface area contributed by atoms with Crippen LogP contribution in [-0.2, 0) is 4.74 Å². The maximum absolute atomic E-state index is 5.05. The van der Waals surface area contributed by atoms with E-state index in [1.165, 1.54) is 12.2 Å². The summed E-state index contributed by atoms with van der Waals surface area (Å²) in [4.78, 5) is 0. The molecule has 0 bridgehead atoms. The van der Waals surface area contributed by atoms with Crippen molar-refractivity contribution in [3.8, 4) is 0 Å². The molecule has 1 aliphatic rings. The van der Waals surface area contributed by atoms with E-state index >= 15 is 0 Å². The highest BCUT2D eigenvalue weighted by atomic mass is 33.1. The molecule has 0 saturated carbocycles. The molecule has 1 saturated heterocycles. The number of rotatable bonds is 1. The van der Waals surface area contributed by atoms with Crippen LogP contribution in [0.1, 0.15) is 6.42 Å². The van der Waals surface area contributed by atoms with E-state index in [2.05, 4.69) is 0 Å². The van der Waals surface area contributed by atoms with E-state index in [-0.39, 0.29) is 0 Å². The van der Waals surface area contributed by atoms with Gasteiger partial charge in [-0.25, -0.2) is 0 Å². The maximum atomic E-state index is 5.05. The molecule has 0 aromatic rings. The molecule has 0 aromatic carbocycles. The minimum Gasteiger partial charge on any atom is -0.370 e. The normalized spacial score (nSPS) is 31.3. The lowest BCUT2D eigenvalue weighted by Crippen LogP contribution is -1.97. The van der Waals surface area contributed by atoms with E-state index in [4.69, 9.17) is 4.74 Å². The van der Waals surface area contributed by atoms with Gasteiger partial charge in [-0.05, 0) is 6.42 Å².